The van der Waals surface area contributed by atoms with Crippen LogP contribution in [0, 0.1) is 0 Å². The largest absolute Gasteiger partial charge is 0.493 e. The summed E-state index contributed by atoms with van der Waals surface area (Å²) < 4.78 is 10.9. The number of methoxy groups -OCH3 is 1. The van der Waals surface area contributed by atoms with Crippen LogP contribution in [0.5, 0.6) is 11.5 Å². The molecule has 4 nitrogen and oxygen atoms in total. The third-order valence-corrected chi connectivity index (χ3v) is 2.25. The molecule has 92 valence electrons. The summed E-state index contributed by atoms with van der Waals surface area (Å²) in [6.45, 7) is 6.26. The van der Waals surface area contributed by atoms with Gasteiger partial charge in [-0.05, 0) is 31.0 Å². The highest BCUT2D eigenvalue weighted by molar-refractivity contribution is 5.81. The first-order valence-electron chi connectivity index (χ1n) is 5.44. The van der Waals surface area contributed by atoms with E-state index in [2.05, 4.69) is 11.7 Å². The van der Waals surface area contributed by atoms with E-state index >= 15 is 0 Å². The van der Waals surface area contributed by atoms with Crippen LogP contribution < -0.4 is 15.3 Å². The summed E-state index contributed by atoms with van der Waals surface area (Å²) in [5, 5.41) is 3.51. The topological polar surface area (TPSA) is 56.8 Å². The Morgan fingerprint density at radius 2 is 2.24 bits per heavy atom. The lowest BCUT2D eigenvalue weighted by atomic mass is 10.1. The lowest BCUT2D eigenvalue weighted by Crippen LogP contribution is -2.01. The minimum atomic E-state index is 0.588. The Morgan fingerprint density at radius 1 is 1.47 bits per heavy atom. The number of allylic oxidation sites excluding steroid dienone is 1. The quantitative estimate of drug-likeness (QED) is 0.355. The van der Waals surface area contributed by atoms with Crippen molar-refractivity contribution in [1.82, 2.24) is 0 Å². The first-order chi connectivity index (χ1) is 8.26. The van der Waals surface area contributed by atoms with Crippen LogP contribution in [0.4, 0.5) is 0 Å². The maximum Gasteiger partial charge on any atom is 0.164 e. The Balaban J connectivity index is 3.28. The first kappa shape index (κ1) is 13.1. The molecule has 0 unspecified atom stereocenters. The molecule has 0 bridgehead atoms. The van der Waals surface area contributed by atoms with Crippen molar-refractivity contribution in [2.45, 2.75) is 13.3 Å². The predicted molar refractivity (Wildman–Crippen MR) is 69.8 cm³/mol. The number of nitrogens with two attached hydrogens (primary N) is 1. The van der Waals surface area contributed by atoms with Crippen molar-refractivity contribution < 1.29 is 9.47 Å². The number of rotatable bonds is 6. The Bertz CT molecular complexity index is 414. The summed E-state index contributed by atoms with van der Waals surface area (Å²) in [6.07, 6.45) is 4.10. The van der Waals surface area contributed by atoms with Crippen molar-refractivity contribution in [3.63, 3.8) is 0 Å². The van der Waals surface area contributed by atoms with E-state index in [0.29, 0.717) is 18.8 Å². The van der Waals surface area contributed by atoms with Crippen molar-refractivity contribution in [3.05, 3.63) is 35.9 Å². The number of hydrazone groups is 1. The van der Waals surface area contributed by atoms with Gasteiger partial charge in [-0.2, -0.15) is 5.10 Å². The lowest BCUT2D eigenvalue weighted by Gasteiger charge is -2.14. The molecular formula is C13H18N2O2. The van der Waals surface area contributed by atoms with E-state index in [9.17, 15) is 0 Å². The molecule has 0 amide bonds. The number of nitrogens with zero attached hydrogens (tertiary/aromatic N) is 1. The molecule has 1 aromatic carbocycles. The summed E-state index contributed by atoms with van der Waals surface area (Å²) in [5.74, 6) is 6.59. The van der Waals surface area contributed by atoms with Gasteiger partial charge >= 0.3 is 0 Å². The summed E-state index contributed by atoms with van der Waals surface area (Å²) in [6, 6.07) is 3.81. The number of benzene rings is 1. The molecule has 2 N–H and O–H groups in total. The molecule has 0 aromatic heterocycles. The second-order valence-corrected chi connectivity index (χ2v) is 3.42. The van der Waals surface area contributed by atoms with E-state index in [0.717, 1.165) is 16.9 Å². The van der Waals surface area contributed by atoms with Crippen molar-refractivity contribution in [3.8, 4) is 11.5 Å². The maximum absolute atomic E-state index is 5.60. The van der Waals surface area contributed by atoms with Crippen molar-refractivity contribution in [2.75, 3.05) is 13.7 Å². The fourth-order valence-corrected chi connectivity index (χ4v) is 1.61. The molecule has 17 heavy (non-hydrogen) atoms. The Kier molecular flexibility index (Phi) is 5.07. The van der Waals surface area contributed by atoms with Crippen LogP contribution in [0.25, 0.3) is 0 Å². The van der Waals surface area contributed by atoms with Crippen molar-refractivity contribution >= 4 is 6.21 Å². The van der Waals surface area contributed by atoms with Gasteiger partial charge in [0.15, 0.2) is 11.5 Å². The van der Waals surface area contributed by atoms with Crippen LogP contribution in [-0.4, -0.2) is 19.9 Å². The Morgan fingerprint density at radius 3 is 2.76 bits per heavy atom. The first-order valence-corrected chi connectivity index (χ1v) is 5.44. The zero-order valence-corrected chi connectivity index (χ0v) is 10.3. The van der Waals surface area contributed by atoms with Gasteiger partial charge in [-0.15, -0.1) is 6.58 Å². The van der Waals surface area contributed by atoms with Gasteiger partial charge in [0.05, 0.1) is 19.9 Å². The van der Waals surface area contributed by atoms with E-state index in [1.54, 1.807) is 13.3 Å². The second-order valence-electron chi connectivity index (χ2n) is 3.42. The van der Waals surface area contributed by atoms with Crippen LogP contribution >= 0.6 is 0 Å². The van der Waals surface area contributed by atoms with Crippen molar-refractivity contribution in [1.29, 1.82) is 0 Å². The van der Waals surface area contributed by atoms with Crippen LogP contribution in [-0.2, 0) is 6.42 Å². The molecule has 4 heteroatoms. The standard InChI is InChI=1S/C13H18N2O2/c1-4-6-11-7-10(9-15-14)8-12(16-3)13(11)17-5-2/h4,7-9H,1,5-6,14H2,2-3H3. The normalized spacial score (nSPS) is 10.5. The molecule has 0 fully saturated rings. The number of hydrogen-bond donors (Lipinski definition) is 1. The van der Waals surface area contributed by atoms with Crippen molar-refractivity contribution in [2.24, 2.45) is 10.9 Å². The molecule has 0 aliphatic rings. The fraction of sp³-hybridized carbons (Fsp3) is 0.308. The summed E-state index contributed by atoms with van der Waals surface area (Å²) in [7, 11) is 1.61. The van der Waals surface area contributed by atoms with Gasteiger partial charge < -0.3 is 15.3 Å². The summed E-state index contributed by atoms with van der Waals surface area (Å²) >= 11 is 0. The van der Waals surface area contributed by atoms with Crippen LogP contribution in [0.15, 0.2) is 29.9 Å². The van der Waals surface area contributed by atoms with E-state index in [4.69, 9.17) is 15.3 Å². The number of ether oxygens (including phenoxy) is 2. The summed E-state index contributed by atoms with van der Waals surface area (Å²) in [4.78, 5) is 0. The summed E-state index contributed by atoms with van der Waals surface area (Å²) in [5.41, 5.74) is 1.89. The zero-order chi connectivity index (χ0) is 12.7. The SMILES string of the molecule is C=CCc1cc(C=NN)cc(OC)c1OCC. The Labute approximate surface area is 102 Å². The highest BCUT2D eigenvalue weighted by Gasteiger charge is 2.11. The average molecular weight is 234 g/mol. The van der Waals surface area contributed by atoms with E-state index in [-0.39, 0.29) is 0 Å². The maximum atomic E-state index is 5.60. The van der Waals surface area contributed by atoms with Gasteiger partial charge in [-0.3, -0.25) is 0 Å². The minimum absolute atomic E-state index is 0.588. The van der Waals surface area contributed by atoms with E-state index in [1.165, 1.54) is 0 Å². The monoisotopic (exact) mass is 234 g/mol. The van der Waals surface area contributed by atoms with E-state index < -0.39 is 0 Å². The molecule has 0 saturated carbocycles. The molecule has 0 aliphatic heterocycles. The second kappa shape index (κ2) is 6.58. The molecule has 1 aromatic rings. The van der Waals surface area contributed by atoms with Gasteiger partial charge in [-0.25, -0.2) is 0 Å². The van der Waals surface area contributed by atoms with Gasteiger partial charge in [-0.1, -0.05) is 6.08 Å². The van der Waals surface area contributed by atoms with Crippen LogP contribution in [0.1, 0.15) is 18.1 Å². The van der Waals surface area contributed by atoms with Gasteiger partial charge in [0, 0.05) is 5.56 Å². The molecule has 0 radical (unpaired) electrons. The highest BCUT2D eigenvalue weighted by Crippen LogP contribution is 2.33. The Hall–Kier alpha value is -1.97. The predicted octanol–water partition coefficient (Wildman–Crippen LogP) is 2.12. The van der Waals surface area contributed by atoms with Gasteiger partial charge in [0.25, 0.3) is 0 Å². The third-order valence-electron chi connectivity index (χ3n) is 2.25. The van der Waals surface area contributed by atoms with Gasteiger partial charge in [0.2, 0.25) is 0 Å². The fourth-order valence-electron chi connectivity index (χ4n) is 1.61. The van der Waals surface area contributed by atoms with Crippen LogP contribution in [0.2, 0.25) is 0 Å². The molecule has 0 aliphatic carbocycles. The lowest BCUT2D eigenvalue weighted by molar-refractivity contribution is 0.308. The molecule has 0 saturated heterocycles. The highest BCUT2D eigenvalue weighted by atomic mass is 16.5. The molecule has 0 atom stereocenters. The molecule has 1 rings (SSSR count). The number of hydrogen-bond acceptors (Lipinski definition) is 4. The molecule has 0 spiro atoms. The van der Waals surface area contributed by atoms with Gasteiger partial charge in [0.1, 0.15) is 0 Å². The molecule has 0 heterocycles. The van der Waals surface area contributed by atoms with E-state index in [1.807, 2.05) is 25.1 Å². The minimum Gasteiger partial charge on any atom is -0.493 e. The zero-order valence-electron chi connectivity index (χ0n) is 10.3. The van der Waals surface area contributed by atoms with Crippen LogP contribution in [0.3, 0.4) is 0 Å². The molecular weight excluding hydrogens is 216 g/mol. The average Bonchev–Trinajstić information content (AvgIpc) is 2.33. The third kappa shape index (κ3) is 3.24. The smallest absolute Gasteiger partial charge is 0.164 e.